The van der Waals surface area contributed by atoms with Crippen molar-refractivity contribution < 1.29 is 9.53 Å². The third-order valence-corrected chi connectivity index (χ3v) is 4.53. The first-order valence-electron chi connectivity index (χ1n) is 6.97. The molecular formula is C18H14ClIN2O2. The summed E-state index contributed by atoms with van der Waals surface area (Å²) in [5.74, 6) is 0.258. The summed E-state index contributed by atoms with van der Waals surface area (Å²) in [6.07, 6.45) is 1.53. The van der Waals surface area contributed by atoms with Crippen LogP contribution in [0.3, 0.4) is 0 Å². The van der Waals surface area contributed by atoms with Crippen molar-refractivity contribution in [3.8, 4) is 11.8 Å². The van der Waals surface area contributed by atoms with Gasteiger partial charge in [-0.3, -0.25) is 4.79 Å². The second-order valence-corrected chi connectivity index (χ2v) is 6.55. The molecule has 4 nitrogen and oxygen atoms in total. The van der Waals surface area contributed by atoms with Gasteiger partial charge in [0.15, 0.2) is 0 Å². The number of hydrogen-bond donors (Lipinski definition) is 1. The molecule has 0 saturated heterocycles. The minimum Gasteiger partial charge on any atom is -0.496 e. The smallest absolute Gasteiger partial charge is 0.266 e. The fourth-order valence-corrected chi connectivity index (χ4v) is 2.90. The number of ether oxygens (including phenoxy) is 1. The van der Waals surface area contributed by atoms with E-state index in [9.17, 15) is 10.1 Å². The molecule has 0 saturated carbocycles. The van der Waals surface area contributed by atoms with Crippen LogP contribution >= 0.6 is 34.2 Å². The maximum absolute atomic E-state index is 12.3. The molecule has 6 heteroatoms. The first-order chi connectivity index (χ1) is 11.4. The molecule has 0 bridgehead atoms. The van der Waals surface area contributed by atoms with Gasteiger partial charge >= 0.3 is 0 Å². The van der Waals surface area contributed by atoms with Crippen LogP contribution in [0.2, 0.25) is 5.02 Å². The monoisotopic (exact) mass is 452 g/mol. The summed E-state index contributed by atoms with van der Waals surface area (Å²) in [5, 5.41) is 12.5. The van der Waals surface area contributed by atoms with Gasteiger partial charge in [-0.15, -0.1) is 0 Å². The highest BCUT2D eigenvalue weighted by Gasteiger charge is 2.11. The van der Waals surface area contributed by atoms with Crippen LogP contribution in [-0.2, 0) is 4.79 Å². The summed E-state index contributed by atoms with van der Waals surface area (Å²) in [5.41, 5.74) is 2.21. The zero-order valence-corrected chi connectivity index (χ0v) is 16.0. The number of benzene rings is 2. The first-order valence-corrected chi connectivity index (χ1v) is 8.43. The van der Waals surface area contributed by atoms with Gasteiger partial charge in [-0.05, 0) is 71.0 Å². The number of halogens is 2. The molecule has 0 heterocycles. The van der Waals surface area contributed by atoms with Crippen LogP contribution in [0.5, 0.6) is 5.75 Å². The number of aryl methyl sites for hydroxylation is 1. The number of anilines is 1. The molecule has 1 amide bonds. The number of carbonyl (C=O) groups excluding carboxylic acids is 1. The highest BCUT2D eigenvalue weighted by molar-refractivity contribution is 14.1. The molecule has 2 aromatic rings. The molecule has 0 radical (unpaired) electrons. The Morgan fingerprint density at radius 3 is 2.67 bits per heavy atom. The predicted molar refractivity (Wildman–Crippen MR) is 104 cm³/mol. The van der Waals surface area contributed by atoms with E-state index in [0.717, 1.165) is 20.4 Å². The van der Waals surface area contributed by atoms with Crippen LogP contribution in [-0.4, -0.2) is 13.0 Å². The fraction of sp³-hybridized carbons (Fsp3) is 0.111. The average Bonchev–Trinajstić information content (AvgIpc) is 2.56. The number of methoxy groups -OCH3 is 1. The fourth-order valence-electron chi connectivity index (χ4n) is 1.96. The standard InChI is InChI=1S/C18H14ClIN2O2/c1-11-3-5-14(9-15(11)19)22-18(23)13(10-21)7-12-4-6-17(24-2)16(20)8-12/h3-9H,1-2H3,(H,22,23)/b13-7-. The van der Waals surface area contributed by atoms with E-state index in [1.165, 1.54) is 6.08 Å². The maximum Gasteiger partial charge on any atom is 0.266 e. The normalized spacial score (nSPS) is 10.9. The van der Waals surface area contributed by atoms with E-state index in [0.29, 0.717) is 10.7 Å². The molecule has 1 N–H and O–H groups in total. The van der Waals surface area contributed by atoms with Crippen LogP contribution in [0, 0.1) is 21.8 Å². The Morgan fingerprint density at radius 1 is 1.33 bits per heavy atom. The summed E-state index contributed by atoms with van der Waals surface area (Å²) in [6, 6.07) is 12.5. The topological polar surface area (TPSA) is 62.1 Å². The van der Waals surface area contributed by atoms with E-state index in [4.69, 9.17) is 16.3 Å². The first kappa shape index (κ1) is 18.3. The molecule has 0 aliphatic rings. The molecule has 24 heavy (non-hydrogen) atoms. The zero-order valence-electron chi connectivity index (χ0n) is 13.1. The van der Waals surface area contributed by atoms with Gasteiger partial charge in [0.25, 0.3) is 5.91 Å². The maximum atomic E-state index is 12.3. The molecule has 0 aromatic heterocycles. The second kappa shape index (κ2) is 8.18. The van der Waals surface area contributed by atoms with Crippen LogP contribution in [0.1, 0.15) is 11.1 Å². The molecule has 0 unspecified atom stereocenters. The van der Waals surface area contributed by atoms with Crippen molar-refractivity contribution in [2.24, 2.45) is 0 Å². The second-order valence-electron chi connectivity index (χ2n) is 4.98. The Bertz CT molecular complexity index is 857. The summed E-state index contributed by atoms with van der Waals surface area (Å²) < 4.78 is 6.09. The summed E-state index contributed by atoms with van der Waals surface area (Å²) in [4.78, 5) is 12.3. The Morgan fingerprint density at radius 2 is 2.08 bits per heavy atom. The molecule has 0 aliphatic heterocycles. The van der Waals surface area contributed by atoms with Gasteiger partial charge in [0.2, 0.25) is 0 Å². The van der Waals surface area contributed by atoms with Gasteiger partial charge in [-0.1, -0.05) is 23.7 Å². The van der Waals surface area contributed by atoms with Crippen molar-refractivity contribution in [1.82, 2.24) is 0 Å². The minimum atomic E-state index is -0.483. The van der Waals surface area contributed by atoms with Crippen molar-refractivity contribution in [3.05, 3.63) is 61.7 Å². The van der Waals surface area contributed by atoms with Crippen LogP contribution in [0.15, 0.2) is 42.0 Å². The highest BCUT2D eigenvalue weighted by atomic mass is 127. The SMILES string of the molecule is COc1ccc(/C=C(/C#N)C(=O)Nc2ccc(C)c(Cl)c2)cc1I. The lowest BCUT2D eigenvalue weighted by molar-refractivity contribution is -0.112. The van der Waals surface area contributed by atoms with Gasteiger partial charge in [0, 0.05) is 10.7 Å². The Labute approximate surface area is 159 Å². The number of hydrogen-bond acceptors (Lipinski definition) is 3. The molecule has 0 fully saturated rings. The third-order valence-electron chi connectivity index (χ3n) is 3.28. The van der Waals surface area contributed by atoms with Gasteiger partial charge in [0.1, 0.15) is 17.4 Å². The van der Waals surface area contributed by atoms with Gasteiger partial charge in [-0.25, -0.2) is 0 Å². The van der Waals surface area contributed by atoms with Gasteiger partial charge < -0.3 is 10.1 Å². The minimum absolute atomic E-state index is 0.00710. The summed E-state index contributed by atoms with van der Waals surface area (Å²) >= 11 is 8.18. The molecule has 0 spiro atoms. The van der Waals surface area contributed by atoms with Crippen molar-refractivity contribution in [2.75, 3.05) is 12.4 Å². The molecule has 0 atom stereocenters. The van der Waals surface area contributed by atoms with Crippen LogP contribution in [0.25, 0.3) is 6.08 Å². The van der Waals surface area contributed by atoms with E-state index in [1.807, 2.05) is 19.1 Å². The number of carbonyl (C=O) groups is 1. The molecule has 122 valence electrons. The Kier molecular flexibility index (Phi) is 6.23. The summed E-state index contributed by atoms with van der Waals surface area (Å²) in [6.45, 7) is 1.87. The lowest BCUT2D eigenvalue weighted by Gasteiger charge is -2.07. The number of nitrogens with one attached hydrogen (secondary N) is 1. The number of amides is 1. The van der Waals surface area contributed by atoms with Crippen molar-refractivity contribution >= 4 is 51.9 Å². The van der Waals surface area contributed by atoms with Crippen LogP contribution in [0.4, 0.5) is 5.69 Å². The number of nitrogens with zero attached hydrogens (tertiary/aromatic N) is 1. The van der Waals surface area contributed by atoms with Crippen molar-refractivity contribution in [1.29, 1.82) is 5.26 Å². The van der Waals surface area contributed by atoms with E-state index in [2.05, 4.69) is 27.9 Å². The lowest BCUT2D eigenvalue weighted by atomic mass is 10.1. The average molecular weight is 453 g/mol. The number of rotatable bonds is 4. The van der Waals surface area contributed by atoms with Crippen molar-refractivity contribution in [2.45, 2.75) is 6.92 Å². The zero-order chi connectivity index (χ0) is 17.7. The number of nitriles is 1. The van der Waals surface area contributed by atoms with E-state index in [1.54, 1.807) is 37.4 Å². The van der Waals surface area contributed by atoms with E-state index >= 15 is 0 Å². The largest absolute Gasteiger partial charge is 0.496 e. The van der Waals surface area contributed by atoms with Gasteiger partial charge in [-0.2, -0.15) is 5.26 Å². The van der Waals surface area contributed by atoms with E-state index in [-0.39, 0.29) is 5.57 Å². The third kappa shape index (κ3) is 4.49. The predicted octanol–water partition coefficient (Wildman–Crippen LogP) is 4.81. The lowest BCUT2D eigenvalue weighted by Crippen LogP contribution is -2.13. The molecule has 2 rings (SSSR count). The quantitative estimate of drug-likeness (QED) is 0.411. The Hall–Kier alpha value is -2.04. The molecule has 0 aliphatic carbocycles. The highest BCUT2D eigenvalue weighted by Crippen LogP contribution is 2.23. The molecule has 2 aromatic carbocycles. The van der Waals surface area contributed by atoms with Gasteiger partial charge in [0.05, 0.1) is 10.7 Å². The molecular weight excluding hydrogens is 439 g/mol. The van der Waals surface area contributed by atoms with E-state index < -0.39 is 5.91 Å². The van der Waals surface area contributed by atoms with Crippen molar-refractivity contribution in [3.63, 3.8) is 0 Å². The van der Waals surface area contributed by atoms with Crippen LogP contribution < -0.4 is 10.1 Å². The summed E-state index contributed by atoms with van der Waals surface area (Å²) in [7, 11) is 1.59. The Balaban J connectivity index is 2.23.